The average molecular weight is 456 g/mol. The Balaban J connectivity index is 5.46. The Morgan fingerprint density at radius 2 is 1.56 bits per heavy atom. The first-order valence-corrected chi connectivity index (χ1v) is 11.1. The molecule has 0 fully saturated rings. The third kappa shape index (κ3) is 13.1. The van der Waals surface area contributed by atoms with E-state index >= 15 is 0 Å². The molecule has 1 unspecified atom stereocenters. The second kappa shape index (κ2) is 13.2. The van der Waals surface area contributed by atoms with Crippen molar-refractivity contribution >= 4 is 23.8 Å². The van der Waals surface area contributed by atoms with E-state index in [1.807, 2.05) is 13.8 Å². The highest BCUT2D eigenvalue weighted by Gasteiger charge is 2.33. The molecule has 0 rings (SSSR count). The van der Waals surface area contributed by atoms with Crippen LogP contribution < -0.4 is 5.32 Å². The lowest BCUT2D eigenvalue weighted by Crippen LogP contribution is -2.45. The minimum atomic E-state index is -1.00. The lowest BCUT2D eigenvalue weighted by molar-refractivity contribution is -0.155. The number of nitrogens with one attached hydrogen (secondary N) is 1. The predicted octanol–water partition coefficient (Wildman–Crippen LogP) is 4.35. The fraction of sp³-hybridized carbons (Fsp3) is 0.750. The van der Waals surface area contributed by atoms with E-state index in [2.05, 4.69) is 11.9 Å². The van der Waals surface area contributed by atoms with Crippen molar-refractivity contribution < 1.29 is 33.4 Å². The predicted molar refractivity (Wildman–Crippen MR) is 122 cm³/mol. The van der Waals surface area contributed by atoms with Gasteiger partial charge in [-0.1, -0.05) is 32.9 Å². The van der Waals surface area contributed by atoms with Gasteiger partial charge < -0.3 is 19.5 Å². The molecule has 32 heavy (non-hydrogen) atoms. The Kier molecular flexibility index (Phi) is 12.2. The largest absolute Gasteiger partial charge is 0.461 e. The summed E-state index contributed by atoms with van der Waals surface area (Å²) in [5.41, 5.74) is -1.41. The van der Waals surface area contributed by atoms with E-state index in [1.165, 1.54) is 6.08 Å². The van der Waals surface area contributed by atoms with Crippen LogP contribution >= 0.6 is 0 Å². The second-order valence-electron chi connectivity index (χ2n) is 9.91. The van der Waals surface area contributed by atoms with Gasteiger partial charge in [-0.15, -0.1) is 0 Å². The van der Waals surface area contributed by atoms with Gasteiger partial charge in [0, 0.05) is 12.8 Å². The molecule has 0 saturated carbocycles. The Hall–Kier alpha value is -2.38. The van der Waals surface area contributed by atoms with Crippen molar-refractivity contribution in [2.24, 2.45) is 11.8 Å². The van der Waals surface area contributed by atoms with Gasteiger partial charge in [-0.3, -0.25) is 14.4 Å². The van der Waals surface area contributed by atoms with Crippen LogP contribution in [0.15, 0.2) is 12.7 Å². The topological polar surface area (TPSA) is 108 Å². The molecule has 3 atom stereocenters. The second-order valence-corrected chi connectivity index (χ2v) is 9.91. The van der Waals surface area contributed by atoms with Crippen molar-refractivity contribution in [2.45, 2.75) is 98.3 Å². The van der Waals surface area contributed by atoms with Crippen LogP contribution in [0.1, 0.15) is 81.1 Å². The van der Waals surface area contributed by atoms with E-state index < -0.39 is 41.2 Å². The molecule has 0 heterocycles. The fourth-order valence-electron chi connectivity index (χ4n) is 2.83. The number of alkyl carbamates (subject to hydrolysis) is 1. The Labute approximate surface area is 192 Å². The summed E-state index contributed by atoms with van der Waals surface area (Å²) in [5.74, 6) is -2.12. The maximum absolute atomic E-state index is 13.1. The number of hydrogen-bond donors (Lipinski definition) is 1. The first kappa shape index (κ1) is 29.6. The summed E-state index contributed by atoms with van der Waals surface area (Å²) in [6, 6.07) is -1.00. The summed E-state index contributed by atoms with van der Waals surface area (Å²) >= 11 is 0. The van der Waals surface area contributed by atoms with Gasteiger partial charge >= 0.3 is 18.0 Å². The van der Waals surface area contributed by atoms with E-state index in [9.17, 15) is 19.2 Å². The summed E-state index contributed by atoms with van der Waals surface area (Å²) in [6.07, 6.45) is 1.19. The zero-order valence-corrected chi connectivity index (χ0v) is 20.9. The molecule has 0 aliphatic heterocycles. The molecule has 0 aliphatic rings. The van der Waals surface area contributed by atoms with Crippen LogP contribution in [0.5, 0.6) is 0 Å². The zero-order valence-electron chi connectivity index (χ0n) is 20.9. The van der Waals surface area contributed by atoms with Crippen molar-refractivity contribution in [3.8, 4) is 0 Å². The smallest absolute Gasteiger partial charge is 0.408 e. The van der Waals surface area contributed by atoms with Crippen molar-refractivity contribution in [1.82, 2.24) is 5.32 Å². The average Bonchev–Trinajstić information content (AvgIpc) is 2.63. The molecule has 8 heteroatoms. The molecule has 0 saturated heterocycles. The molecule has 1 N–H and O–H groups in total. The normalized spacial score (nSPS) is 14.5. The summed E-state index contributed by atoms with van der Waals surface area (Å²) in [5, 5.41) is 2.55. The lowest BCUT2D eigenvalue weighted by atomic mass is 9.85. The van der Waals surface area contributed by atoms with E-state index in [0.717, 1.165) is 0 Å². The van der Waals surface area contributed by atoms with Gasteiger partial charge in [0.05, 0.1) is 12.0 Å². The number of esters is 2. The number of ether oxygens (including phenoxy) is 3. The third-order valence-electron chi connectivity index (χ3n) is 4.53. The van der Waals surface area contributed by atoms with Gasteiger partial charge in [0.25, 0.3) is 0 Å². The number of carbonyl (C=O) groups excluding carboxylic acids is 4. The highest BCUT2D eigenvalue weighted by Crippen LogP contribution is 2.23. The SMILES string of the molecule is C=CCOC(=O)[C@@H](CC(=O)[C@H](CCC(=O)OC(C)(C)C)NC(=O)OC(C)(C)C)C(C)CC. The maximum atomic E-state index is 13.1. The fourth-order valence-corrected chi connectivity index (χ4v) is 2.83. The first-order chi connectivity index (χ1) is 14.6. The van der Waals surface area contributed by atoms with Gasteiger partial charge in [0.1, 0.15) is 17.8 Å². The lowest BCUT2D eigenvalue weighted by Gasteiger charge is -2.26. The number of ketones is 1. The molecule has 0 radical (unpaired) electrons. The van der Waals surface area contributed by atoms with Crippen LogP contribution in [0.4, 0.5) is 4.79 Å². The number of Topliss-reactive ketones (excluding diaryl/α,β-unsaturated/α-hetero) is 1. The van der Waals surface area contributed by atoms with E-state index in [4.69, 9.17) is 14.2 Å². The van der Waals surface area contributed by atoms with Crippen molar-refractivity contribution in [3.63, 3.8) is 0 Å². The molecule has 0 aromatic heterocycles. The highest BCUT2D eigenvalue weighted by molar-refractivity contribution is 5.91. The van der Waals surface area contributed by atoms with Gasteiger partial charge in [-0.25, -0.2) is 4.79 Å². The highest BCUT2D eigenvalue weighted by atomic mass is 16.6. The number of amides is 1. The molecular weight excluding hydrogens is 414 g/mol. The monoisotopic (exact) mass is 455 g/mol. The van der Waals surface area contributed by atoms with E-state index in [1.54, 1.807) is 41.5 Å². The van der Waals surface area contributed by atoms with Crippen LogP contribution in [0.25, 0.3) is 0 Å². The third-order valence-corrected chi connectivity index (χ3v) is 4.53. The molecule has 8 nitrogen and oxygen atoms in total. The zero-order chi connectivity index (χ0) is 25.1. The van der Waals surface area contributed by atoms with Gasteiger partial charge in [0.2, 0.25) is 0 Å². The minimum Gasteiger partial charge on any atom is -0.461 e. The van der Waals surface area contributed by atoms with Crippen LogP contribution in [-0.4, -0.2) is 47.7 Å². The van der Waals surface area contributed by atoms with Crippen molar-refractivity contribution in [3.05, 3.63) is 12.7 Å². The molecule has 0 aromatic rings. The number of hydrogen-bond acceptors (Lipinski definition) is 7. The standard InChI is InChI=1S/C24H41NO7/c1-10-14-30-21(28)17(16(3)11-2)15-19(26)18(25-22(29)32-24(7,8)9)12-13-20(27)31-23(4,5)6/h10,16-18H,1,11-15H2,2-9H3,(H,25,29)/t16?,17-,18-/m0/s1. The quantitative estimate of drug-likeness (QED) is 0.265. The van der Waals surface area contributed by atoms with Crippen LogP contribution in [0, 0.1) is 11.8 Å². The number of carbonyl (C=O) groups is 4. The number of rotatable bonds is 12. The van der Waals surface area contributed by atoms with E-state index in [0.29, 0.717) is 6.42 Å². The Morgan fingerprint density at radius 3 is 2.03 bits per heavy atom. The van der Waals surface area contributed by atoms with Crippen LogP contribution in [0.3, 0.4) is 0 Å². The van der Waals surface area contributed by atoms with Crippen molar-refractivity contribution in [2.75, 3.05) is 6.61 Å². The van der Waals surface area contributed by atoms with Crippen molar-refractivity contribution in [1.29, 1.82) is 0 Å². The van der Waals surface area contributed by atoms with Gasteiger partial charge in [0.15, 0.2) is 5.78 Å². The Bertz CT molecular complexity index is 658. The van der Waals surface area contributed by atoms with Gasteiger partial charge in [-0.2, -0.15) is 0 Å². The van der Waals surface area contributed by atoms with E-state index in [-0.39, 0.29) is 37.6 Å². The molecule has 0 aliphatic carbocycles. The molecule has 184 valence electrons. The minimum absolute atomic E-state index is 0.0297. The summed E-state index contributed by atoms with van der Waals surface area (Å²) in [4.78, 5) is 50.0. The maximum Gasteiger partial charge on any atom is 0.408 e. The van der Waals surface area contributed by atoms with Crippen LogP contribution in [0.2, 0.25) is 0 Å². The summed E-state index contributed by atoms with van der Waals surface area (Å²) in [7, 11) is 0. The molecule has 0 spiro atoms. The molecule has 0 aromatic carbocycles. The molecule has 1 amide bonds. The Morgan fingerprint density at radius 1 is 1.00 bits per heavy atom. The molecule has 0 bridgehead atoms. The van der Waals surface area contributed by atoms with Crippen LogP contribution in [-0.2, 0) is 28.6 Å². The molecular formula is C24H41NO7. The summed E-state index contributed by atoms with van der Waals surface area (Å²) in [6.45, 7) is 17.7. The first-order valence-electron chi connectivity index (χ1n) is 11.1. The summed E-state index contributed by atoms with van der Waals surface area (Å²) < 4.78 is 15.7. The van der Waals surface area contributed by atoms with Gasteiger partial charge in [-0.05, 0) is 53.9 Å².